The summed E-state index contributed by atoms with van der Waals surface area (Å²) in [5, 5.41) is 9.19. The molecule has 0 radical (unpaired) electrons. The fraction of sp³-hybridized carbons (Fsp3) is 0.0909. The average Bonchev–Trinajstić information content (AvgIpc) is 3.43. The molecule has 0 aliphatic rings. The molecular weight excluding hydrogens is 651 g/mol. The van der Waals surface area contributed by atoms with Crippen LogP contribution in [0.2, 0.25) is 10.0 Å². The average molecular weight is 678 g/mol. The van der Waals surface area contributed by atoms with Crippen molar-refractivity contribution in [3.63, 3.8) is 0 Å². The van der Waals surface area contributed by atoms with Gasteiger partial charge >= 0.3 is 0 Å². The minimum absolute atomic E-state index is 0.0210. The molecule has 0 saturated carbocycles. The number of ether oxygens (including phenoxy) is 1. The molecule has 0 bridgehead atoms. The van der Waals surface area contributed by atoms with Gasteiger partial charge in [-0.2, -0.15) is 0 Å². The summed E-state index contributed by atoms with van der Waals surface area (Å²) in [4.78, 5) is 44.7. The minimum Gasteiger partial charge on any atom is -0.497 e. The van der Waals surface area contributed by atoms with Gasteiger partial charge in [0.1, 0.15) is 11.4 Å². The number of thiazole rings is 1. The van der Waals surface area contributed by atoms with E-state index in [4.69, 9.17) is 27.9 Å². The maximum Gasteiger partial charge on any atom is 0.272 e. The van der Waals surface area contributed by atoms with Gasteiger partial charge < -0.3 is 20.7 Å². The Hall–Kier alpha value is -4.35. The molecule has 0 fully saturated rings. The van der Waals surface area contributed by atoms with Crippen LogP contribution in [0.15, 0.2) is 102 Å². The number of anilines is 2. The van der Waals surface area contributed by atoms with E-state index in [1.807, 2.05) is 24.3 Å². The molecule has 0 spiro atoms. The van der Waals surface area contributed by atoms with Crippen molar-refractivity contribution in [2.24, 2.45) is 0 Å². The molecule has 5 aromatic rings. The van der Waals surface area contributed by atoms with Gasteiger partial charge in [0.25, 0.3) is 11.8 Å². The highest BCUT2D eigenvalue weighted by molar-refractivity contribution is 8.00. The zero-order chi connectivity index (χ0) is 31.9. The first kappa shape index (κ1) is 32.1. The highest BCUT2D eigenvalue weighted by atomic mass is 35.5. The number of thioether (sulfide) groups is 1. The molecule has 228 valence electrons. The molecule has 8 nitrogen and oxygen atoms in total. The summed E-state index contributed by atoms with van der Waals surface area (Å²) in [5.41, 5.74) is 2.10. The van der Waals surface area contributed by atoms with Gasteiger partial charge in [-0.25, -0.2) is 4.98 Å². The molecule has 3 N–H and O–H groups in total. The van der Waals surface area contributed by atoms with Crippen molar-refractivity contribution in [2.75, 3.05) is 17.7 Å². The lowest BCUT2D eigenvalue weighted by molar-refractivity contribution is -0.115. The second-order valence-electron chi connectivity index (χ2n) is 9.63. The monoisotopic (exact) mass is 676 g/mol. The molecule has 1 atom stereocenters. The summed E-state index contributed by atoms with van der Waals surface area (Å²) in [5.74, 6) is -0.520. The Labute approximate surface area is 277 Å². The van der Waals surface area contributed by atoms with Gasteiger partial charge in [0, 0.05) is 26.2 Å². The van der Waals surface area contributed by atoms with Crippen molar-refractivity contribution < 1.29 is 19.1 Å². The van der Waals surface area contributed by atoms with Gasteiger partial charge in [0.2, 0.25) is 5.91 Å². The molecule has 45 heavy (non-hydrogen) atoms. The Kier molecular flexibility index (Phi) is 10.4. The number of nitrogens with one attached hydrogen (secondary N) is 3. The number of rotatable bonds is 10. The van der Waals surface area contributed by atoms with Crippen LogP contribution in [0.1, 0.15) is 22.8 Å². The Morgan fingerprint density at radius 2 is 1.73 bits per heavy atom. The number of hydrogen-bond donors (Lipinski definition) is 3. The van der Waals surface area contributed by atoms with Crippen LogP contribution in [0.4, 0.5) is 10.8 Å². The lowest BCUT2D eigenvalue weighted by Crippen LogP contribution is -2.30. The fourth-order valence-corrected chi connectivity index (χ4v) is 6.40. The third-order valence-electron chi connectivity index (χ3n) is 6.39. The van der Waals surface area contributed by atoms with Crippen molar-refractivity contribution >= 4 is 91.1 Å². The molecule has 1 aromatic heterocycles. The van der Waals surface area contributed by atoms with Gasteiger partial charge in [-0.3, -0.25) is 14.4 Å². The standard InChI is InChI=1S/C33H26Cl2N4O4S2/c1-19(30(40)39-33-38-27-14-13-24(43-2)18-29(27)45-33)44-25-10-6-9-23(17-25)36-32(42)28(15-21-11-12-22(34)16-26(21)35)37-31(41)20-7-4-3-5-8-20/h3-19H,1-2H3,(H,36,42)(H,37,41)(H,38,39,40)/b28-15+. The number of halogens is 2. The summed E-state index contributed by atoms with van der Waals surface area (Å²) in [6, 6.07) is 26.0. The van der Waals surface area contributed by atoms with E-state index in [-0.39, 0.29) is 11.6 Å². The van der Waals surface area contributed by atoms with Crippen molar-refractivity contribution in [1.29, 1.82) is 0 Å². The Morgan fingerprint density at radius 1 is 0.933 bits per heavy atom. The zero-order valence-electron chi connectivity index (χ0n) is 24.0. The van der Waals surface area contributed by atoms with Gasteiger partial charge in [-0.05, 0) is 79.2 Å². The molecular formula is C33H26Cl2N4O4S2. The van der Waals surface area contributed by atoms with Crippen molar-refractivity contribution in [3.05, 3.63) is 118 Å². The van der Waals surface area contributed by atoms with Crippen LogP contribution in [0.5, 0.6) is 5.75 Å². The van der Waals surface area contributed by atoms with Crippen LogP contribution < -0.4 is 20.7 Å². The topological polar surface area (TPSA) is 109 Å². The largest absolute Gasteiger partial charge is 0.497 e. The number of fused-ring (bicyclic) bond motifs is 1. The van der Waals surface area contributed by atoms with Crippen LogP contribution in [0.3, 0.4) is 0 Å². The Bertz CT molecular complexity index is 1910. The van der Waals surface area contributed by atoms with Crippen molar-refractivity contribution in [1.82, 2.24) is 10.3 Å². The third kappa shape index (κ3) is 8.43. The van der Waals surface area contributed by atoms with Gasteiger partial charge in [-0.1, -0.05) is 64.9 Å². The number of nitrogens with zero attached hydrogens (tertiary/aromatic N) is 1. The molecule has 4 aromatic carbocycles. The summed E-state index contributed by atoms with van der Waals surface area (Å²) in [7, 11) is 1.60. The first-order chi connectivity index (χ1) is 21.7. The number of carbonyl (C=O) groups excluding carboxylic acids is 3. The van der Waals surface area contributed by atoms with E-state index in [2.05, 4.69) is 20.9 Å². The summed E-state index contributed by atoms with van der Waals surface area (Å²) < 4.78 is 6.17. The number of benzene rings is 4. The molecule has 1 unspecified atom stereocenters. The second kappa shape index (κ2) is 14.6. The van der Waals surface area contributed by atoms with E-state index in [1.54, 1.807) is 80.8 Å². The molecule has 3 amide bonds. The lowest BCUT2D eigenvalue weighted by atomic mass is 10.1. The Morgan fingerprint density at radius 3 is 2.49 bits per heavy atom. The number of carbonyl (C=O) groups is 3. The summed E-state index contributed by atoms with van der Waals surface area (Å²) in [6.45, 7) is 1.79. The van der Waals surface area contributed by atoms with Crippen LogP contribution >= 0.6 is 46.3 Å². The SMILES string of the molecule is COc1ccc2nc(NC(=O)C(C)Sc3cccc(NC(=O)/C(=C\c4ccc(Cl)cc4Cl)NC(=O)c4ccccc4)c3)sc2c1. The number of hydrogen-bond acceptors (Lipinski definition) is 7. The van der Waals surface area contributed by atoms with Crippen LogP contribution in [-0.2, 0) is 9.59 Å². The van der Waals surface area contributed by atoms with Crippen LogP contribution in [0, 0.1) is 0 Å². The zero-order valence-corrected chi connectivity index (χ0v) is 27.1. The quantitative estimate of drug-likeness (QED) is 0.102. The van der Waals surface area contributed by atoms with Crippen LogP contribution in [0.25, 0.3) is 16.3 Å². The molecule has 0 aliphatic heterocycles. The van der Waals surface area contributed by atoms with E-state index in [9.17, 15) is 14.4 Å². The fourth-order valence-electron chi connectivity index (χ4n) is 4.11. The normalized spacial score (nSPS) is 12.0. The maximum atomic E-state index is 13.5. The van der Waals surface area contributed by atoms with Crippen molar-refractivity contribution in [2.45, 2.75) is 17.1 Å². The maximum absolute atomic E-state index is 13.5. The third-order valence-corrected chi connectivity index (χ3v) is 8.98. The number of methoxy groups -OCH3 is 1. The Balaban J connectivity index is 1.29. The molecule has 5 rings (SSSR count). The van der Waals surface area contributed by atoms with E-state index >= 15 is 0 Å². The van der Waals surface area contributed by atoms with Gasteiger partial charge in [-0.15, -0.1) is 11.8 Å². The highest BCUT2D eigenvalue weighted by Crippen LogP contribution is 2.31. The smallest absolute Gasteiger partial charge is 0.272 e. The van der Waals surface area contributed by atoms with E-state index < -0.39 is 17.1 Å². The van der Waals surface area contributed by atoms with Gasteiger partial charge in [0.15, 0.2) is 5.13 Å². The molecule has 0 aliphatic carbocycles. The predicted octanol–water partition coefficient (Wildman–Crippen LogP) is 8.14. The van der Waals surface area contributed by atoms with E-state index in [1.165, 1.54) is 29.2 Å². The summed E-state index contributed by atoms with van der Waals surface area (Å²) >= 11 is 15.1. The first-order valence-corrected chi connectivity index (χ1v) is 16.0. The second-order valence-corrected chi connectivity index (χ2v) is 12.9. The van der Waals surface area contributed by atoms with Gasteiger partial charge in [0.05, 0.1) is 22.6 Å². The predicted molar refractivity (Wildman–Crippen MR) is 184 cm³/mol. The molecule has 0 saturated heterocycles. The molecule has 12 heteroatoms. The highest BCUT2D eigenvalue weighted by Gasteiger charge is 2.19. The first-order valence-electron chi connectivity index (χ1n) is 13.5. The summed E-state index contributed by atoms with van der Waals surface area (Å²) in [6.07, 6.45) is 1.48. The number of aromatic nitrogens is 1. The van der Waals surface area contributed by atoms with E-state index in [0.29, 0.717) is 32.0 Å². The van der Waals surface area contributed by atoms with E-state index in [0.717, 1.165) is 20.9 Å². The molecule has 1 heterocycles. The number of amides is 3. The van der Waals surface area contributed by atoms with Crippen molar-refractivity contribution in [3.8, 4) is 5.75 Å². The lowest BCUT2D eigenvalue weighted by Gasteiger charge is -2.14. The minimum atomic E-state index is -0.564. The van der Waals surface area contributed by atoms with Crippen LogP contribution in [-0.4, -0.2) is 35.1 Å².